The lowest BCUT2D eigenvalue weighted by atomic mass is 9.83. The second kappa shape index (κ2) is 5.37. The maximum absolute atomic E-state index is 12.9. The highest BCUT2D eigenvalue weighted by molar-refractivity contribution is 5.77. The molecule has 126 valence electrons. The number of alkyl halides is 3. The minimum atomic E-state index is -4.14. The molecule has 2 saturated heterocycles. The lowest BCUT2D eigenvalue weighted by molar-refractivity contribution is -0.191. The molecule has 0 radical (unpaired) electrons. The van der Waals surface area contributed by atoms with Crippen molar-refractivity contribution >= 4 is 5.91 Å². The van der Waals surface area contributed by atoms with E-state index in [1.165, 1.54) is 4.90 Å². The van der Waals surface area contributed by atoms with Crippen molar-refractivity contribution in [3.63, 3.8) is 0 Å². The Morgan fingerprint density at radius 1 is 1.27 bits per heavy atom. The van der Waals surface area contributed by atoms with Gasteiger partial charge in [-0.05, 0) is 57.5 Å². The van der Waals surface area contributed by atoms with Gasteiger partial charge in [-0.15, -0.1) is 0 Å². The summed E-state index contributed by atoms with van der Waals surface area (Å²) in [6, 6.07) is -1.31. The molecule has 1 aliphatic carbocycles. The molecule has 3 aliphatic rings. The van der Waals surface area contributed by atoms with Gasteiger partial charge in [-0.1, -0.05) is 0 Å². The number of carbonyl (C=O) groups is 1. The van der Waals surface area contributed by atoms with Gasteiger partial charge in [0, 0.05) is 18.0 Å². The van der Waals surface area contributed by atoms with E-state index in [4.69, 9.17) is 5.73 Å². The van der Waals surface area contributed by atoms with Crippen molar-refractivity contribution in [1.29, 1.82) is 0 Å². The third-order valence-electron chi connectivity index (χ3n) is 5.93. The Morgan fingerprint density at radius 2 is 2.00 bits per heavy atom. The van der Waals surface area contributed by atoms with Crippen LogP contribution in [0.15, 0.2) is 0 Å². The van der Waals surface area contributed by atoms with E-state index in [1.807, 2.05) is 0 Å². The molecular formula is C15H24F3N3O. The Balaban J connectivity index is 1.60. The highest BCUT2D eigenvalue weighted by Crippen LogP contribution is 2.56. The molecule has 2 aliphatic heterocycles. The van der Waals surface area contributed by atoms with Crippen molar-refractivity contribution in [2.75, 3.05) is 20.1 Å². The number of likely N-dealkylation sites (tertiary alicyclic amines) is 1. The standard InChI is InChI=1S/C15H24F3N3O/c1-21-8-10(2-3-12(21)15(16,17)18)11-7-14(11)6-9(13(19)22)4-5-20-14/h9-12,20H,2-8H2,1H3,(H2,19,22)/t9?,10-,11?,12+,14?/m1/s1. The first-order chi connectivity index (χ1) is 10.2. The molecule has 5 atom stereocenters. The van der Waals surface area contributed by atoms with E-state index in [-0.39, 0.29) is 29.7 Å². The van der Waals surface area contributed by atoms with Crippen LogP contribution in [0.1, 0.15) is 32.1 Å². The molecule has 0 aromatic carbocycles. The summed E-state index contributed by atoms with van der Waals surface area (Å²) in [5.41, 5.74) is 5.38. The lowest BCUT2D eigenvalue weighted by Crippen LogP contribution is -2.51. The van der Waals surface area contributed by atoms with Crippen molar-refractivity contribution in [1.82, 2.24) is 10.2 Å². The van der Waals surface area contributed by atoms with Gasteiger partial charge in [0.05, 0.1) is 0 Å². The molecule has 0 aromatic rings. The third-order valence-corrected chi connectivity index (χ3v) is 5.93. The number of hydrogen-bond acceptors (Lipinski definition) is 3. The quantitative estimate of drug-likeness (QED) is 0.811. The molecule has 0 aromatic heterocycles. The highest BCUT2D eigenvalue weighted by atomic mass is 19.4. The molecule has 4 nitrogen and oxygen atoms in total. The topological polar surface area (TPSA) is 58.4 Å². The Hall–Kier alpha value is -0.820. The van der Waals surface area contributed by atoms with Crippen LogP contribution in [-0.2, 0) is 4.79 Å². The molecule has 3 unspecified atom stereocenters. The van der Waals surface area contributed by atoms with Crippen LogP contribution in [0, 0.1) is 17.8 Å². The van der Waals surface area contributed by atoms with E-state index < -0.39 is 12.2 Å². The predicted molar refractivity (Wildman–Crippen MR) is 76.0 cm³/mol. The number of primary amides is 1. The maximum atomic E-state index is 12.9. The number of nitrogens with one attached hydrogen (secondary N) is 1. The van der Waals surface area contributed by atoms with E-state index in [0.29, 0.717) is 18.9 Å². The van der Waals surface area contributed by atoms with Crippen LogP contribution in [0.2, 0.25) is 0 Å². The average molecular weight is 319 g/mol. The fraction of sp³-hybridized carbons (Fsp3) is 0.933. The van der Waals surface area contributed by atoms with E-state index in [2.05, 4.69) is 5.32 Å². The van der Waals surface area contributed by atoms with Gasteiger partial charge in [-0.3, -0.25) is 9.69 Å². The summed E-state index contributed by atoms with van der Waals surface area (Å²) >= 11 is 0. The summed E-state index contributed by atoms with van der Waals surface area (Å²) in [5.74, 6) is 0.328. The molecule has 1 saturated carbocycles. The summed E-state index contributed by atoms with van der Waals surface area (Å²) in [4.78, 5) is 12.9. The Morgan fingerprint density at radius 3 is 2.59 bits per heavy atom. The smallest absolute Gasteiger partial charge is 0.369 e. The maximum Gasteiger partial charge on any atom is 0.404 e. The molecule has 3 N–H and O–H groups in total. The van der Waals surface area contributed by atoms with Crippen LogP contribution < -0.4 is 11.1 Å². The number of halogens is 3. The molecule has 1 spiro atoms. The first kappa shape index (κ1) is 16.1. The number of carbonyl (C=O) groups excluding carboxylic acids is 1. The van der Waals surface area contributed by atoms with Crippen molar-refractivity contribution in [3.8, 4) is 0 Å². The summed E-state index contributed by atoms with van der Waals surface area (Å²) < 4.78 is 38.8. The van der Waals surface area contributed by atoms with Crippen LogP contribution in [-0.4, -0.2) is 48.7 Å². The molecule has 7 heteroatoms. The van der Waals surface area contributed by atoms with E-state index in [0.717, 1.165) is 25.8 Å². The zero-order valence-corrected chi connectivity index (χ0v) is 12.8. The van der Waals surface area contributed by atoms with Gasteiger partial charge in [-0.25, -0.2) is 0 Å². The SMILES string of the molecule is CN1C[C@H](C2CC23CC(C(N)=O)CCN3)CC[C@H]1C(F)(F)F. The number of amides is 1. The second-order valence-electron chi connectivity index (χ2n) is 7.32. The van der Waals surface area contributed by atoms with Crippen LogP contribution in [0.4, 0.5) is 13.2 Å². The zero-order valence-electron chi connectivity index (χ0n) is 12.8. The highest BCUT2D eigenvalue weighted by Gasteiger charge is 2.60. The van der Waals surface area contributed by atoms with E-state index in [9.17, 15) is 18.0 Å². The van der Waals surface area contributed by atoms with Crippen molar-refractivity contribution < 1.29 is 18.0 Å². The molecule has 3 fully saturated rings. The average Bonchev–Trinajstić information content (AvgIpc) is 3.10. The van der Waals surface area contributed by atoms with Gasteiger partial charge < -0.3 is 11.1 Å². The second-order valence-corrected chi connectivity index (χ2v) is 7.32. The molecule has 2 heterocycles. The molecule has 22 heavy (non-hydrogen) atoms. The van der Waals surface area contributed by atoms with Crippen LogP contribution in [0.25, 0.3) is 0 Å². The van der Waals surface area contributed by atoms with Crippen LogP contribution in [0.3, 0.4) is 0 Å². The van der Waals surface area contributed by atoms with E-state index in [1.54, 1.807) is 7.05 Å². The normalized spacial score (nSPS) is 43.3. The molecule has 1 amide bonds. The fourth-order valence-corrected chi connectivity index (χ4v) is 4.66. The van der Waals surface area contributed by atoms with Crippen LogP contribution in [0.5, 0.6) is 0 Å². The third kappa shape index (κ3) is 2.85. The van der Waals surface area contributed by atoms with Crippen LogP contribution >= 0.6 is 0 Å². The largest absolute Gasteiger partial charge is 0.404 e. The van der Waals surface area contributed by atoms with Gasteiger partial charge >= 0.3 is 6.18 Å². The summed E-state index contributed by atoms with van der Waals surface area (Å²) in [7, 11) is 1.57. The fourth-order valence-electron chi connectivity index (χ4n) is 4.66. The van der Waals surface area contributed by atoms with Crippen molar-refractivity contribution in [2.45, 2.75) is 49.9 Å². The number of nitrogens with two attached hydrogens (primary N) is 1. The summed E-state index contributed by atoms with van der Waals surface area (Å²) in [5, 5.41) is 3.51. The predicted octanol–water partition coefficient (Wildman–Crippen LogP) is 1.50. The van der Waals surface area contributed by atoms with Gasteiger partial charge in [0.15, 0.2) is 0 Å². The van der Waals surface area contributed by atoms with Gasteiger partial charge in [0.1, 0.15) is 6.04 Å². The Bertz CT molecular complexity index is 456. The van der Waals surface area contributed by atoms with E-state index >= 15 is 0 Å². The number of piperidine rings is 2. The summed E-state index contributed by atoms with van der Waals surface area (Å²) in [6.07, 6.45) is -0.867. The number of nitrogens with zero attached hydrogens (tertiary/aromatic N) is 1. The minimum absolute atomic E-state index is 0.0471. The summed E-state index contributed by atoms with van der Waals surface area (Å²) in [6.45, 7) is 1.26. The first-order valence-corrected chi connectivity index (χ1v) is 8.04. The first-order valence-electron chi connectivity index (χ1n) is 8.04. The van der Waals surface area contributed by atoms with Gasteiger partial charge in [0.25, 0.3) is 0 Å². The van der Waals surface area contributed by atoms with Gasteiger partial charge in [-0.2, -0.15) is 13.2 Å². The van der Waals surface area contributed by atoms with Gasteiger partial charge in [0.2, 0.25) is 5.91 Å². The molecule has 3 rings (SSSR count). The monoisotopic (exact) mass is 319 g/mol. The zero-order chi connectivity index (χ0) is 16.1. The van der Waals surface area contributed by atoms with Crippen molar-refractivity contribution in [3.05, 3.63) is 0 Å². The number of hydrogen-bond donors (Lipinski definition) is 2. The molecule has 0 bridgehead atoms. The minimum Gasteiger partial charge on any atom is -0.369 e. The Labute approximate surface area is 128 Å². The number of rotatable bonds is 2. The van der Waals surface area contributed by atoms with Crippen molar-refractivity contribution in [2.24, 2.45) is 23.5 Å². The lowest BCUT2D eigenvalue weighted by Gasteiger charge is -2.40. The Kier molecular flexibility index (Phi) is 3.92. The molecular weight excluding hydrogens is 295 g/mol.